The summed E-state index contributed by atoms with van der Waals surface area (Å²) in [5, 5.41) is 12.9. The Bertz CT molecular complexity index is 1210. The Balaban J connectivity index is 1.62. The Kier molecular flexibility index (Phi) is 5.36. The molecule has 1 aromatic heterocycles. The molecule has 0 radical (unpaired) electrons. The van der Waals surface area contributed by atoms with E-state index in [1.54, 1.807) is 43.3 Å². The zero-order chi connectivity index (χ0) is 23.0. The first-order chi connectivity index (χ1) is 15.2. The summed E-state index contributed by atoms with van der Waals surface area (Å²) in [5.74, 6) is 5.88. The minimum atomic E-state index is -1.57. The maximum atomic E-state index is 13.0. The molecule has 10 heteroatoms. The number of nitrogens with one attached hydrogen (secondary N) is 3. The molecule has 0 saturated carbocycles. The van der Waals surface area contributed by atoms with Gasteiger partial charge in [0.15, 0.2) is 0 Å². The molecular weight excluding hydrogens is 430 g/mol. The highest BCUT2D eigenvalue weighted by molar-refractivity contribution is 7.14. The summed E-state index contributed by atoms with van der Waals surface area (Å²) in [6.45, 7) is 0.201. The number of thiophene rings is 1. The van der Waals surface area contributed by atoms with Gasteiger partial charge in [-0.25, -0.2) is 4.79 Å². The van der Waals surface area contributed by atoms with Gasteiger partial charge in [-0.3, -0.25) is 20.3 Å². The number of carbonyl (C=O) groups is 3. The normalized spacial score (nSPS) is 19.1. The van der Waals surface area contributed by atoms with Gasteiger partial charge in [0.25, 0.3) is 11.8 Å². The smallest absolute Gasteiger partial charge is 0.323 e. The van der Waals surface area contributed by atoms with Gasteiger partial charge in [-0.1, -0.05) is 17.9 Å². The topological polar surface area (TPSA) is 115 Å². The third kappa shape index (κ3) is 3.78. The number of methoxy groups -OCH3 is 1. The van der Waals surface area contributed by atoms with E-state index in [9.17, 15) is 14.4 Å². The van der Waals surface area contributed by atoms with Crippen molar-refractivity contribution in [2.45, 2.75) is 12.1 Å². The van der Waals surface area contributed by atoms with Crippen LogP contribution in [0.3, 0.4) is 0 Å². The molecule has 32 heavy (non-hydrogen) atoms. The Morgan fingerprint density at radius 1 is 1.28 bits per heavy atom. The summed E-state index contributed by atoms with van der Waals surface area (Å²) in [6.07, 6.45) is 0. The Labute approximate surface area is 188 Å². The second-order valence-electron chi connectivity index (χ2n) is 7.65. The van der Waals surface area contributed by atoms with Gasteiger partial charge < -0.3 is 19.9 Å². The molecule has 1 aromatic carbocycles. The number of ether oxygens (including phenoxy) is 1. The largest absolute Gasteiger partial charge is 0.497 e. The molecule has 164 valence electrons. The summed E-state index contributed by atoms with van der Waals surface area (Å²) < 4.78 is 5.20. The van der Waals surface area contributed by atoms with Gasteiger partial charge in [0.1, 0.15) is 11.6 Å². The van der Waals surface area contributed by atoms with Crippen LogP contribution in [0.15, 0.2) is 30.3 Å². The molecular formula is C22H21N5O4S. The molecule has 1 atom stereocenters. The van der Waals surface area contributed by atoms with E-state index in [1.165, 1.54) is 23.3 Å². The first-order valence-corrected chi connectivity index (χ1v) is 10.5. The number of urea groups is 1. The predicted molar refractivity (Wildman–Crippen MR) is 119 cm³/mol. The summed E-state index contributed by atoms with van der Waals surface area (Å²) >= 11 is 1.31. The number of rotatable bonds is 4. The highest BCUT2D eigenvalue weighted by atomic mass is 32.1. The molecule has 3 heterocycles. The van der Waals surface area contributed by atoms with Crippen LogP contribution >= 0.6 is 11.3 Å². The van der Waals surface area contributed by atoms with Crippen molar-refractivity contribution in [2.75, 3.05) is 27.7 Å². The molecule has 0 spiro atoms. The fourth-order valence-electron chi connectivity index (χ4n) is 3.53. The van der Waals surface area contributed by atoms with E-state index in [-0.39, 0.29) is 12.5 Å². The molecule has 3 N–H and O–H groups in total. The number of fused-ring (bicyclic) bond motifs is 1. The van der Waals surface area contributed by atoms with Gasteiger partial charge in [0.05, 0.1) is 23.4 Å². The number of amides is 4. The van der Waals surface area contributed by atoms with Gasteiger partial charge >= 0.3 is 6.03 Å². The van der Waals surface area contributed by atoms with Crippen LogP contribution in [0, 0.1) is 17.3 Å². The van der Waals surface area contributed by atoms with E-state index >= 15 is 0 Å². The number of hydrogen-bond acceptors (Lipinski definition) is 6. The number of carbonyl (C=O) groups excluding carboxylic acids is 3. The minimum absolute atomic E-state index is 0.0981. The van der Waals surface area contributed by atoms with Crippen molar-refractivity contribution in [1.29, 1.82) is 5.41 Å². The second-order valence-corrected chi connectivity index (χ2v) is 8.74. The molecule has 4 rings (SSSR count). The minimum Gasteiger partial charge on any atom is -0.497 e. The van der Waals surface area contributed by atoms with Gasteiger partial charge in [-0.05, 0) is 29.8 Å². The quantitative estimate of drug-likeness (QED) is 0.280. The Morgan fingerprint density at radius 3 is 2.72 bits per heavy atom. The lowest BCUT2D eigenvalue weighted by atomic mass is 9.99. The zero-order valence-corrected chi connectivity index (χ0v) is 18.6. The molecule has 1 unspecified atom stereocenters. The molecule has 1 saturated heterocycles. The molecule has 9 nitrogen and oxygen atoms in total. The molecule has 0 aliphatic carbocycles. The molecule has 2 aliphatic rings. The van der Waals surface area contributed by atoms with E-state index in [1.807, 2.05) is 6.07 Å². The number of imide groups is 1. The van der Waals surface area contributed by atoms with Crippen LogP contribution in [-0.2, 0) is 11.3 Å². The Hall–Kier alpha value is -3.84. The summed E-state index contributed by atoms with van der Waals surface area (Å²) in [6, 6.07) is 8.13. The third-order valence-electron chi connectivity index (χ3n) is 5.25. The highest BCUT2D eigenvalue weighted by Crippen LogP contribution is 2.28. The fourth-order valence-corrected chi connectivity index (χ4v) is 4.42. The SMILES string of the molecule is COc1ccc2c(c1)C(=O)N(CC1(C#Cc3ccc(C(=N)N(C)C)s3)NC(=O)NC1=O)C2. The lowest BCUT2D eigenvalue weighted by Crippen LogP contribution is -2.54. The van der Waals surface area contributed by atoms with Gasteiger partial charge in [0, 0.05) is 26.2 Å². The van der Waals surface area contributed by atoms with Crippen LogP contribution in [0.5, 0.6) is 5.75 Å². The van der Waals surface area contributed by atoms with Crippen molar-refractivity contribution in [1.82, 2.24) is 20.4 Å². The van der Waals surface area contributed by atoms with Gasteiger partial charge in [0.2, 0.25) is 5.54 Å². The van der Waals surface area contributed by atoms with Crippen molar-refractivity contribution in [3.63, 3.8) is 0 Å². The fraction of sp³-hybridized carbons (Fsp3) is 0.273. The Morgan fingerprint density at radius 2 is 2.06 bits per heavy atom. The van der Waals surface area contributed by atoms with Crippen LogP contribution in [-0.4, -0.2) is 66.8 Å². The van der Waals surface area contributed by atoms with Crippen LogP contribution in [0.25, 0.3) is 0 Å². The van der Waals surface area contributed by atoms with Crippen molar-refractivity contribution in [3.05, 3.63) is 51.2 Å². The maximum Gasteiger partial charge on any atom is 0.323 e. The zero-order valence-electron chi connectivity index (χ0n) is 17.7. The van der Waals surface area contributed by atoms with Crippen LogP contribution in [0.2, 0.25) is 0 Å². The van der Waals surface area contributed by atoms with E-state index in [0.29, 0.717) is 28.6 Å². The van der Waals surface area contributed by atoms with Crippen molar-refractivity contribution >= 4 is 35.0 Å². The number of nitrogens with zero attached hydrogens (tertiary/aromatic N) is 2. The summed E-state index contributed by atoms with van der Waals surface area (Å²) in [5.41, 5.74) is -0.256. The summed E-state index contributed by atoms with van der Waals surface area (Å²) in [7, 11) is 5.08. The lowest BCUT2D eigenvalue weighted by Gasteiger charge is -2.26. The number of amidine groups is 1. The molecule has 2 aliphatic heterocycles. The predicted octanol–water partition coefficient (Wildman–Crippen LogP) is 1.23. The van der Waals surface area contributed by atoms with Crippen molar-refractivity contribution < 1.29 is 19.1 Å². The number of hydrogen-bond donors (Lipinski definition) is 3. The van der Waals surface area contributed by atoms with Crippen molar-refractivity contribution in [3.8, 4) is 17.6 Å². The second kappa shape index (κ2) is 8.01. The van der Waals surface area contributed by atoms with Gasteiger partial charge in [-0.2, -0.15) is 0 Å². The van der Waals surface area contributed by atoms with Crippen LogP contribution in [0.4, 0.5) is 4.79 Å². The highest BCUT2D eigenvalue weighted by Gasteiger charge is 2.48. The average molecular weight is 452 g/mol. The van der Waals surface area contributed by atoms with E-state index in [0.717, 1.165) is 10.4 Å². The van der Waals surface area contributed by atoms with Crippen LogP contribution in [0.1, 0.15) is 25.7 Å². The monoisotopic (exact) mass is 451 g/mol. The van der Waals surface area contributed by atoms with E-state index < -0.39 is 17.5 Å². The molecule has 0 bridgehead atoms. The average Bonchev–Trinajstić information content (AvgIpc) is 3.43. The molecule has 4 amide bonds. The first-order valence-electron chi connectivity index (χ1n) is 9.71. The van der Waals surface area contributed by atoms with Gasteiger partial charge in [-0.15, -0.1) is 11.3 Å². The summed E-state index contributed by atoms with van der Waals surface area (Å²) in [4.78, 5) is 42.1. The number of benzene rings is 1. The maximum absolute atomic E-state index is 13.0. The first kappa shape index (κ1) is 21.4. The molecule has 2 aromatic rings. The van der Waals surface area contributed by atoms with Crippen molar-refractivity contribution in [2.24, 2.45) is 0 Å². The van der Waals surface area contributed by atoms with E-state index in [2.05, 4.69) is 22.5 Å². The van der Waals surface area contributed by atoms with E-state index in [4.69, 9.17) is 10.1 Å². The third-order valence-corrected chi connectivity index (χ3v) is 6.26. The standard InChI is InChI=1S/C22H21N5O4S/c1-26(2)18(23)17-7-6-15(32-17)8-9-22(20(29)24-21(30)25-22)12-27-11-13-4-5-14(31-3)10-16(13)19(27)28/h4-7,10,23H,11-12H2,1-3H3,(H2,24,25,29,30). The van der Waals surface area contributed by atoms with Crippen LogP contribution < -0.4 is 15.4 Å². The lowest BCUT2D eigenvalue weighted by molar-refractivity contribution is -0.122. The molecule has 1 fully saturated rings.